The second kappa shape index (κ2) is 4.80. The summed E-state index contributed by atoms with van der Waals surface area (Å²) in [7, 11) is 1.62. The fourth-order valence-electron chi connectivity index (χ4n) is 2.53. The number of methoxy groups -OCH3 is 1. The fourth-order valence-corrected chi connectivity index (χ4v) is 2.53. The normalized spacial score (nSPS) is 14.1. The number of nitrogen functional groups attached to an aromatic ring is 1. The van der Waals surface area contributed by atoms with E-state index in [2.05, 4.69) is 28.1 Å². The third-order valence-corrected chi connectivity index (χ3v) is 3.45. The van der Waals surface area contributed by atoms with Crippen molar-refractivity contribution >= 4 is 17.2 Å². The van der Waals surface area contributed by atoms with Gasteiger partial charge in [0.2, 0.25) is 5.88 Å². The van der Waals surface area contributed by atoms with Gasteiger partial charge in [-0.2, -0.15) is 4.98 Å². The first-order chi connectivity index (χ1) is 9.29. The van der Waals surface area contributed by atoms with Crippen molar-refractivity contribution in [2.75, 3.05) is 24.3 Å². The molecular weight excluding hydrogens is 238 g/mol. The van der Waals surface area contributed by atoms with Crippen molar-refractivity contribution in [2.24, 2.45) is 0 Å². The number of pyridine rings is 1. The Morgan fingerprint density at radius 3 is 2.89 bits per heavy atom. The smallest absolute Gasteiger partial charge is 0.215 e. The summed E-state index contributed by atoms with van der Waals surface area (Å²) in [5, 5.41) is 0. The van der Waals surface area contributed by atoms with Crippen molar-refractivity contribution in [3.63, 3.8) is 0 Å². The molecule has 1 aromatic carbocycles. The van der Waals surface area contributed by atoms with Crippen molar-refractivity contribution in [1.82, 2.24) is 4.98 Å². The first-order valence-corrected chi connectivity index (χ1v) is 6.45. The zero-order valence-corrected chi connectivity index (χ0v) is 11.0. The van der Waals surface area contributed by atoms with E-state index in [-0.39, 0.29) is 0 Å². The standard InChI is InChI=1S/C15H17N3O/c1-19-14-9-8-12(16)15(17-14)18-10-4-6-11-5-2-3-7-13(11)18/h2-3,5,7-9H,4,6,10,16H2,1H3. The quantitative estimate of drug-likeness (QED) is 0.896. The highest BCUT2D eigenvalue weighted by molar-refractivity contribution is 5.74. The minimum Gasteiger partial charge on any atom is -0.481 e. The molecule has 1 aliphatic heterocycles. The highest BCUT2D eigenvalue weighted by atomic mass is 16.5. The number of nitrogens with zero attached hydrogens (tertiary/aromatic N) is 2. The van der Waals surface area contributed by atoms with Crippen molar-refractivity contribution in [3.8, 4) is 5.88 Å². The third-order valence-electron chi connectivity index (χ3n) is 3.45. The zero-order valence-electron chi connectivity index (χ0n) is 11.0. The topological polar surface area (TPSA) is 51.4 Å². The van der Waals surface area contributed by atoms with Gasteiger partial charge in [-0.3, -0.25) is 0 Å². The van der Waals surface area contributed by atoms with Gasteiger partial charge in [-0.15, -0.1) is 0 Å². The lowest BCUT2D eigenvalue weighted by molar-refractivity contribution is 0.398. The molecule has 0 unspecified atom stereocenters. The van der Waals surface area contributed by atoms with Gasteiger partial charge in [-0.1, -0.05) is 18.2 Å². The van der Waals surface area contributed by atoms with Crippen molar-refractivity contribution < 1.29 is 4.74 Å². The summed E-state index contributed by atoms with van der Waals surface area (Å²) in [5.41, 5.74) is 9.29. The number of fused-ring (bicyclic) bond motifs is 1. The molecule has 0 fully saturated rings. The van der Waals surface area contributed by atoms with E-state index in [0.29, 0.717) is 11.6 Å². The summed E-state index contributed by atoms with van der Waals surface area (Å²) < 4.78 is 5.20. The average molecular weight is 255 g/mol. The molecule has 0 radical (unpaired) electrons. The Hall–Kier alpha value is -2.23. The van der Waals surface area contributed by atoms with Crippen LogP contribution >= 0.6 is 0 Å². The molecular formula is C15H17N3O. The molecule has 0 spiro atoms. The highest BCUT2D eigenvalue weighted by Crippen LogP contribution is 2.35. The van der Waals surface area contributed by atoms with Gasteiger partial charge in [0, 0.05) is 18.3 Å². The molecule has 0 amide bonds. The highest BCUT2D eigenvalue weighted by Gasteiger charge is 2.20. The minimum absolute atomic E-state index is 0.590. The molecule has 0 bridgehead atoms. The van der Waals surface area contributed by atoms with Crippen LogP contribution in [0.4, 0.5) is 17.2 Å². The number of ether oxygens (including phenoxy) is 1. The number of aryl methyl sites for hydroxylation is 1. The molecule has 2 aromatic rings. The van der Waals surface area contributed by atoms with E-state index < -0.39 is 0 Å². The second-order valence-corrected chi connectivity index (χ2v) is 4.65. The van der Waals surface area contributed by atoms with Crippen LogP contribution in [0.15, 0.2) is 36.4 Å². The number of benzene rings is 1. The van der Waals surface area contributed by atoms with E-state index in [0.717, 1.165) is 25.2 Å². The maximum atomic E-state index is 6.07. The Labute approximate surface area is 112 Å². The van der Waals surface area contributed by atoms with Gasteiger partial charge in [-0.25, -0.2) is 0 Å². The predicted octanol–water partition coefficient (Wildman–Crippen LogP) is 2.76. The van der Waals surface area contributed by atoms with Gasteiger partial charge in [0.1, 0.15) is 0 Å². The lowest BCUT2D eigenvalue weighted by atomic mass is 10.0. The Bertz CT molecular complexity index is 598. The summed E-state index contributed by atoms with van der Waals surface area (Å²) in [6.07, 6.45) is 2.21. The van der Waals surface area contributed by atoms with Crippen molar-refractivity contribution in [1.29, 1.82) is 0 Å². The summed E-state index contributed by atoms with van der Waals surface area (Å²) in [6.45, 7) is 0.932. The molecule has 0 aliphatic carbocycles. The number of hydrogen-bond donors (Lipinski definition) is 1. The number of anilines is 3. The minimum atomic E-state index is 0.590. The van der Waals surface area contributed by atoms with Gasteiger partial charge >= 0.3 is 0 Å². The Morgan fingerprint density at radius 2 is 2.05 bits per heavy atom. The molecule has 98 valence electrons. The van der Waals surface area contributed by atoms with Gasteiger partial charge in [0.25, 0.3) is 0 Å². The molecule has 4 nitrogen and oxygen atoms in total. The monoisotopic (exact) mass is 255 g/mol. The van der Waals surface area contributed by atoms with Crippen LogP contribution in [0.3, 0.4) is 0 Å². The number of rotatable bonds is 2. The molecule has 2 heterocycles. The van der Waals surface area contributed by atoms with E-state index in [9.17, 15) is 0 Å². The van der Waals surface area contributed by atoms with Gasteiger partial charge < -0.3 is 15.4 Å². The zero-order chi connectivity index (χ0) is 13.2. The first-order valence-electron chi connectivity index (χ1n) is 6.45. The van der Waals surface area contributed by atoms with E-state index in [4.69, 9.17) is 10.5 Å². The van der Waals surface area contributed by atoms with Crippen molar-refractivity contribution in [2.45, 2.75) is 12.8 Å². The molecule has 3 rings (SSSR count). The van der Waals surface area contributed by atoms with Gasteiger partial charge in [0.15, 0.2) is 5.82 Å². The second-order valence-electron chi connectivity index (χ2n) is 4.65. The SMILES string of the molecule is COc1ccc(N)c(N2CCCc3ccccc32)n1. The summed E-state index contributed by atoms with van der Waals surface area (Å²) in [6, 6.07) is 12.0. The molecule has 1 aliphatic rings. The molecule has 2 N–H and O–H groups in total. The van der Waals surface area contributed by atoms with Crippen molar-refractivity contribution in [3.05, 3.63) is 42.0 Å². The maximum Gasteiger partial charge on any atom is 0.215 e. The summed E-state index contributed by atoms with van der Waals surface area (Å²) >= 11 is 0. The molecule has 0 atom stereocenters. The Morgan fingerprint density at radius 1 is 1.21 bits per heavy atom. The van der Waals surface area contributed by atoms with Crippen LogP contribution in [0.2, 0.25) is 0 Å². The van der Waals surface area contributed by atoms with Gasteiger partial charge in [-0.05, 0) is 30.5 Å². The van der Waals surface area contributed by atoms with Crippen LogP contribution in [0, 0.1) is 0 Å². The largest absolute Gasteiger partial charge is 0.481 e. The van der Waals surface area contributed by atoms with E-state index >= 15 is 0 Å². The van der Waals surface area contributed by atoms with Crippen LogP contribution in [0.5, 0.6) is 5.88 Å². The average Bonchev–Trinajstić information content (AvgIpc) is 2.47. The molecule has 1 aromatic heterocycles. The lowest BCUT2D eigenvalue weighted by Crippen LogP contribution is -2.26. The first kappa shape index (κ1) is 11.8. The number of nitrogens with two attached hydrogens (primary N) is 1. The Kier molecular flexibility index (Phi) is 2.99. The molecule has 0 saturated carbocycles. The van der Waals surface area contributed by atoms with Crippen LogP contribution in [-0.4, -0.2) is 18.6 Å². The maximum absolute atomic E-state index is 6.07. The molecule has 19 heavy (non-hydrogen) atoms. The van der Waals surface area contributed by atoms with E-state index in [1.807, 2.05) is 12.1 Å². The fraction of sp³-hybridized carbons (Fsp3) is 0.267. The number of hydrogen-bond acceptors (Lipinski definition) is 4. The molecule has 0 saturated heterocycles. The lowest BCUT2D eigenvalue weighted by Gasteiger charge is -2.31. The van der Waals surface area contributed by atoms with Crippen LogP contribution in [-0.2, 0) is 6.42 Å². The van der Waals surface area contributed by atoms with E-state index in [1.54, 1.807) is 13.2 Å². The van der Waals surface area contributed by atoms with Gasteiger partial charge in [0.05, 0.1) is 12.8 Å². The summed E-state index contributed by atoms with van der Waals surface area (Å²) in [5.74, 6) is 1.37. The summed E-state index contributed by atoms with van der Waals surface area (Å²) in [4.78, 5) is 6.67. The molecule has 4 heteroatoms. The van der Waals surface area contributed by atoms with Crippen LogP contribution in [0.25, 0.3) is 0 Å². The Balaban J connectivity index is 2.08. The van der Waals surface area contributed by atoms with Crippen LogP contribution < -0.4 is 15.4 Å². The van der Waals surface area contributed by atoms with E-state index in [1.165, 1.54) is 11.3 Å². The number of para-hydroxylation sites is 1. The predicted molar refractivity (Wildman–Crippen MR) is 77.0 cm³/mol. The van der Waals surface area contributed by atoms with Crippen LogP contribution in [0.1, 0.15) is 12.0 Å². The third kappa shape index (κ3) is 2.10. The number of aromatic nitrogens is 1.